The van der Waals surface area contributed by atoms with Crippen LogP contribution < -0.4 is 4.74 Å². The lowest BCUT2D eigenvalue weighted by Gasteiger charge is -2.15. The van der Waals surface area contributed by atoms with Crippen molar-refractivity contribution in [3.63, 3.8) is 0 Å². The summed E-state index contributed by atoms with van der Waals surface area (Å²) >= 11 is 0. The van der Waals surface area contributed by atoms with Crippen molar-refractivity contribution in [2.45, 2.75) is 65.9 Å². The van der Waals surface area contributed by atoms with Gasteiger partial charge in [0, 0.05) is 11.6 Å². The first-order valence-corrected chi connectivity index (χ1v) is 9.21. The van der Waals surface area contributed by atoms with Gasteiger partial charge >= 0.3 is 5.97 Å². The molecule has 0 aromatic heterocycles. The van der Waals surface area contributed by atoms with Crippen molar-refractivity contribution in [3.8, 4) is 5.75 Å². The van der Waals surface area contributed by atoms with Gasteiger partial charge in [-0.05, 0) is 37.8 Å². The number of unbranched alkanes of at least 4 members (excludes halogenated alkanes) is 1. The molecule has 1 aromatic carbocycles. The minimum absolute atomic E-state index is 0.148. The molecule has 0 spiro atoms. The van der Waals surface area contributed by atoms with Crippen LogP contribution >= 0.6 is 0 Å². The lowest BCUT2D eigenvalue weighted by Crippen LogP contribution is -2.12. The lowest BCUT2D eigenvalue weighted by molar-refractivity contribution is -0.139. The van der Waals surface area contributed by atoms with Gasteiger partial charge in [-0.15, -0.1) is 0 Å². The van der Waals surface area contributed by atoms with Gasteiger partial charge in [0.15, 0.2) is 0 Å². The van der Waals surface area contributed by atoms with Crippen LogP contribution in [0.25, 0.3) is 6.08 Å². The maximum atomic E-state index is 12.0. The zero-order valence-corrected chi connectivity index (χ0v) is 15.6. The van der Waals surface area contributed by atoms with Gasteiger partial charge in [0.2, 0.25) is 0 Å². The molecule has 0 saturated heterocycles. The average molecular weight is 332 g/mol. The Morgan fingerprint density at radius 3 is 2.58 bits per heavy atom. The van der Waals surface area contributed by atoms with Gasteiger partial charge in [-0.3, -0.25) is 0 Å². The first-order valence-electron chi connectivity index (χ1n) is 9.21. The molecule has 0 aliphatic heterocycles. The van der Waals surface area contributed by atoms with Crippen LogP contribution in [0.5, 0.6) is 5.75 Å². The van der Waals surface area contributed by atoms with Gasteiger partial charge in [-0.1, -0.05) is 58.2 Å². The fourth-order valence-corrected chi connectivity index (χ4v) is 2.33. The van der Waals surface area contributed by atoms with Crippen LogP contribution in [0, 0.1) is 5.92 Å². The fourth-order valence-electron chi connectivity index (χ4n) is 2.33. The van der Waals surface area contributed by atoms with E-state index in [1.165, 1.54) is 18.9 Å². The molecule has 0 saturated carbocycles. The largest absolute Gasteiger partial charge is 0.490 e. The molecule has 0 bridgehead atoms. The molecule has 0 amide bonds. The first kappa shape index (κ1) is 20.3. The summed E-state index contributed by atoms with van der Waals surface area (Å²) in [6.07, 6.45) is 8.88. The van der Waals surface area contributed by atoms with Gasteiger partial charge in [0.05, 0.1) is 12.7 Å². The summed E-state index contributed by atoms with van der Waals surface area (Å²) in [5.41, 5.74) is 0.896. The third-order valence-corrected chi connectivity index (χ3v) is 4.23. The molecule has 0 heterocycles. The van der Waals surface area contributed by atoms with Gasteiger partial charge in [-0.2, -0.15) is 0 Å². The van der Waals surface area contributed by atoms with Gasteiger partial charge in [0.25, 0.3) is 0 Å². The quantitative estimate of drug-likeness (QED) is 0.389. The normalized spacial score (nSPS) is 13.7. The van der Waals surface area contributed by atoms with Gasteiger partial charge in [-0.25, -0.2) is 4.79 Å². The molecular formula is C21H32O3. The van der Waals surface area contributed by atoms with Crippen LogP contribution in [-0.4, -0.2) is 18.7 Å². The minimum atomic E-state index is -0.289. The predicted molar refractivity (Wildman–Crippen MR) is 100 cm³/mol. The van der Waals surface area contributed by atoms with E-state index in [1.807, 2.05) is 31.2 Å². The molecule has 1 rings (SSSR count). The zero-order chi connectivity index (χ0) is 17.8. The second-order valence-electron chi connectivity index (χ2n) is 6.25. The van der Waals surface area contributed by atoms with E-state index in [0.717, 1.165) is 30.6 Å². The van der Waals surface area contributed by atoms with Crippen molar-refractivity contribution in [1.82, 2.24) is 0 Å². The smallest absolute Gasteiger partial charge is 0.330 e. The molecule has 2 unspecified atom stereocenters. The summed E-state index contributed by atoms with van der Waals surface area (Å²) < 4.78 is 11.3. The Morgan fingerprint density at radius 1 is 1.17 bits per heavy atom. The molecule has 134 valence electrons. The van der Waals surface area contributed by atoms with E-state index in [9.17, 15) is 4.79 Å². The SMILES string of the molecule is CCCCC(CC)COC(=O)/C=C/c1ccccc1OC(C)CC. The van der Waals surface area contributed by atoms with Crippen molar-refractivity contribution in [2.75, 3.05) is 6.61 Å². The number of hydrogen-bond acceptors (Lipinski definition) is 3. The molecule has 0 N–H and O–H groups in total. The third-order valence-electron chi connectivity index (χ3n) is 4.23. The lowest BCUT2D eigenvalue weighted by atomic mass is 10.0. The van der Waals surface area contributed by atoms with Crippen molar-refractivity contribution < 1.29 is 14.3 Å². The van der Waals surface area contributed by atoms with Crippen molar-refractivity contribution >= 4 is 12.0 Å². The summed E-state index contributed by atoms with van der Waals surface area (Å²) in [4.78, 5) is 12.0. The second-order valence-corrected chi connectivity index (χ2v) is 6.25. The van der Waals surface area contributed by atoms with Crippen LogP contribution in [0.15, 0.2) is 30.3 Å². The van der Waals surface area contributed by atoms with E-state index in [2.05, 4.69) is 20.8 Å². The number of rotatable bonds is 11. The number of ether oxygens (including phenoxy) is 2. The zero-order valence-electron chi connectivity index (χ0n) is 15.6. The van der Waals surface area contributed by atoms with Crippen molar-refractivity contribution in [3.05, 3.63) is 35.9 Å². The summed E-state index contributed by atoms with van der Waals surface area (Å²) in [6, 6.07) is 7.74. The number of para-hydroxylation sites is 1. The topological polar surface area (TPSA) is 35.5 Å². The molecule has 1 aromatic rings. The Kier molecular flexibility index (Phi) is 9.90. The molecule has 3 nitrogen and oxygen atoms in total. The van der Waals surface area contributed by atoms with E-state index in [4.69, 9.17) is 9.47 Å². The Hall–Kier alpha value is -1.77. The van der Waals surface area contributed by atoms with Crippen molar-refractivity contribution in [2.24, 2.45) is 5.92 Å². The number of esters is 1. The molecule has 24 heavy (non-hydrogen) atoms. The number of hydrogen-bond donors (Lipinski definition) is 0. The monoisotopic (exact) mass is 332 g/mol. The highest BCUT2D eigenvalue weighted by atomic mass is 16.5. The van der Waals surface area contributed by atoms with Gasteiger partial charge in [0.1, 0.15) is 5.75 Å². The summed E-state index contributed by atoms with van der Waals surface area (Å²) in [6.45, 7) is 8.96. The molecule has 0 aliphatic carbocycles. The number of carbonyl (C=O) groups is 1. The highest BCUT2D eigenvalue weighted by molar-refractivity contribution is 5.87. The van der Waals surface area contributed by atoms with Crippen molar-refractivity contribution in [1.29, 1.82) is 0 Å². The number of benzene rings is 1. The molecule has 0 aliphatic rings. The van der Waals surface area contributed by atoms with Crippen LogP contribution in [0.2, 0.25) is 0 Å². The minimum Gasteiger partial charge on any atom is -0.490 e. The molecule has 0 radical (unpaired) electrons. The summed E-state index contributed by atoms with van der Waals surface area (Å²) in [5, 5.41) is 0. The standard InChI is InChI=1S/C21H32O3/c1-5-8-11-18(7-3)16-23-21(22)15-14-19-12-9-10-13-20(19)24-17(4)6-2/h9-10,12-15,17-18H,5-8,11,16H2,1-4H3/b15-14+. The van der Waals surface area contributed by atoms with E-state index < -0.39 is 0 Å². The molecular weight excluding hydrogens is 300 g/mol. The fraction of sp³-hybridized carbons (Fsp3) is 0.571. The predicted octanol–water partition coefficient (Wildman–Crippen LogP) is 5.64. The highest BCUT2D eigenvalue weighted by Gasteiger charge is 2.09. The van der Waals surface area contributed by atoms with E-state index in [-0.39, 0.29) is 12.1 Å². The Morgan fingerprint density at radius 2 is 1.92 bits per heavy atom. The maximum Gasteiger partial charge on any atom is 0.330 e. The van der Waals surface area contributed by atoms with E-state index >= 15 is 0 Å². The Labute approximate surface area is 147 Å². The third kappa shape index (κ3) is 7.67. The van der Waals surface area contributed by atoms with Crippen LogP contribution in [-0.2, 0) is 9.53 Å². The second kappa shape index (κ2) is 11.7. The first-order chi connectivity index (χ1) is 11.6. The highest BCUT2D eigenvalue weighted by Crippen LogP contribution is 2.21. The van der Waals surface area contributed by atoms with Crippen LogP contribution in [0.3, 0.4) is 0 Å². The molecule has 2 atom stereocenters. The van der Waals surface area contributed by atoms with E-state index in [1.54, 1.807) is 6.08 Å². The number of carbonyl (C=O) groups excluding carboxylic acids is 1. The van der Waals surface area contributed by atoms with Gasteiger partial charge < -0.3 is 9.47 Å². The van der Waals surface area contributed by atoms with Crippen LogP contribution in [0.1, 0.15) is 65.4 Å². The summed E-state index contributed by atoms with van der Waals surface area (Å²) in [5.74, 6) is 0.969. The maximum absolute atomic E-state index is 12.0. The molecule has 0 fully saturated rings. The molecule has 3 heteroatoms. The average Bonchev–Trinajstić information content (AvgIpc) is 2.61. The Bertz CT molecular complexity index is 508. The summed E-state index contributed by atoms with van der Waals surface area (Å²) in [7, 11) is 0. The Balaban J connectivity index is 2.57. The van der Waals surface area contributed by atoms with E-state index in [0.29, 0.717) is 12.5 Å². The van der Waals surface area contributed by atoms with Crippen LogP contribution in [0.4, 0.5) is 0 Å².